The van der Waals surface area contributed by atoms with Gasteiger partial charge in [-0.05, 0) is 89.6 Å². The van der Waals surface area contributed by atoms with Gasteiger partial charge in [0, 0.05) is 40.4 Å². The Hall–Kier alpha value is -3.95. The monoisotopic (exact) mass is 913 g/mol. The normalized spacial score (nSPS) is 17.9. The SMILES string of the molecule is Cc1nn(-c2[c-]c(Oc3[c-]c4c(cc3)c3ccccc3n4-c3cc(C(C)C)ccn3)cc(C(C)C)c2)c(C)c1C1C(C(C)(C)C)=C[C@H](C)C[C@@H]1C(C)(C)C.[Pt+2]. The fraction of sp³-hybridized carbons (Fsp3) is 0.429. The van der Waals surface area contributed by atoms with Crippen molar-refractivity contribution >= 4 is 21.8 Å². The van der Waals surface area contributed by atoms with E-state index in [1.54, 1.807) is 0 Å². The fourth-order valence-electron chi connectivity index (χ4n) is 8.76. The van der Waals surface area contributed by atoms with Gasteiger partial charge in [0.25, 0.3) is 0 Å². The maximum absolute atomic E-state index is 6.72. The van der Waals surface area contributed by atoms with Gasteiger partial charge in [0.15, 0.2) is 0 Å². The summed E-state index contributed by atoms with van der Waals surface area (Å²) in [5.41, 5.74) is 10.7. The second-order valence-corrected chi connectivity index (χ2v) is 18.5. The Morgan fingerprint density at radius 1 is 0.818 bits per heavy atom. The maximum Gasteiger partial charge on any atom is 2.00 e. The molecule has 0 aliphatic heterocycles. The average Bonchev–Trinajstić information content (AvgIpc) is 3.59. The smallest absolute Gasteiger partial charge is 0.509 e. The van der Waals surface area contributed by atoms with Crippen molar-refractivity contribution in [2.45, 2.75) is 114 Å². The van der Waals surface area contributed by atoms with Gasteiger partial charge in [0.05, 0.1) is 5.69 Å². The molecule has 0 saturated carbocycles. The number of fused-ring (bicyclic) bond motifs is 3. The molecule has 6 aromatic rings. The number of benzene rings is 3. The summed E-state index contributed by atoms with van der Waals surface area (Å²) < 4.78 is 11.0. The van der Waals surface area contributed by atoms with Crippen LogP contribution in [0.25, 0.3) is 33.3 Å². The third-order valence-electron chi connectivity index (χ3n) is 11.7. The molecule has 0 fully saturated rings. The standard InChI is InChI=1S/C49H58N4O.Pt/c1-29(2)34-20-21-50-45(26-34)52-43-17-15-14-16-39(43)40-19-18-37(28-44(40)52)54-38-25-35(30(3)4)24-36(27-38)53-33(7)46(32(6)51-53)47-41(48(8,9)10)22-31(5)23-42(47)49(11,12)13;/h14-22,24-26,29-31,42,47H,23H2,1-13H3;/q-2;+2/t31-,42-,47?;/m0./s1. The minimum absolute atomic E-state index is 0. The molecule has 0 N–H and O–H groups in total. The minimum Gasteiger partial charge on any atom is -0.509 e. The van der Waals surface area contributed by atoms with Crippen molar-refractivity contribution in [2.75, 3.05) is 0 Å². The van der Waals surface area contributed by atoms with Crippen LogP contribution in [0.2, 0.25) is 0 Å². The Kier molecular flexibility index (Phi) is 11.2. The number of para-hydroxylation sites is 1. The van der Waals surface area contributed by atoms with Crippen molar-refractivity contribution in [1.82, 2.24) is 19.3 Å². The molecule has 0 amide bonds. The molecule has 55 heavy (non-hydrogen) atoms. The molecule has 1 unspecified atom stereocenters. The van der Waals surface area contributed by atoms with Crippen molar-refractivity contribution in [2.24, 2.45) is 22.7 Å². The summed E-state index contributed by atoms with van der Waals surface area (Å²) in [5, 5.41) is 7.54. The Balaban J connectivity index is 0.00000514. The second kappa shape index (κ2) is 15.2. The van der Waals surface area contributed by atoms with E-state index < -0.39 is 0 Å². The first-order chi connectivity index (χ1) is 25.4. The second-order valence-electron chi connectivity index (χ2n) is 18.5. The van der Waals surface area contributed by atoms with Crippen LogP contribution in [-0.2, 0) is 21.1 Å². The van der Waals surface area contributed by atoms with E-state index in [9.17, 15) is 0 Å². The summed E-state index contributed by atoms with van der Waals surface area (Å²) in [5.74, 6) is 4.17. The summed E-state index contributed by atoms with van der Waals surface area (Å²) in [6.45, 7) is 30.0. The van der Waals surface area contributed by atoms with Gasteiger partial charge in [-0.15, -0.1) is 41.3 Å². The van der Waals surface area contributed by atoms with E-state index in [1.165, 1.54) is 34.4 Å². The molecule has 6 heteroatoms. The molecule has 5 nitrogen and oxygen atoms in total. The molecule has 290 valence electrons. The van der Waals surface area contributed by atoms with E-state index in [1.807, 2.05) is 12.3 Å². The van der Waals surface area contributed by atoms with E-state index in [-0.39, 0.29) is 37.8 Å². The number of rotatable bonds is 7. The molecular weight excluding hydrogens is 856 g/mol. The predicted octanol–water partition coefficient (Wildman–Crippen LogP) is 13.4. The van der Waals surface area contributed by atoms with Gasteiger partial charge in [-0.2, -0.15) is 11.2 Å². The predicted molar refractivity (Wildman–Crippen MR) is 225 cm³/mol. The third kappa shape index (κ3) is 7.76. The van der Waals surface area contributed by atoms with E-state index in [4.69, 9.17) is 14.8 Å². The van der Waals surface area contributed by atoms with Crippen molar-refractivity contribution in [3.8, 4) is 23.0 Å². The van der Waals surface area contributed by atoms with E-state index >= 15 is 0 Å². The van der Waals surface area contributed by atoms with Gasteiger partial charge in [0.1, 0.15) is 5.82 Å². The molecule has 1 aliphatic carbocycles. The van der Waals surface area contributed by atoms with Crippen LogP contribution in [-0.4, -0.2) is 19.3 Å². The molecule has 3 aromatic heterocycles. The van der Waals surface area contributed by atoms with Crippen molar-refractivity contribution in [3.63, 3.8) is 0 Å². The van der Waals surface area contributed by atoms with Gasteiger partial charge in [-0.1, -0.05) is 112 Å². The van der Waals surface area contributed by atoms with Crippen LogP contribution in [0.4, 0.5) is 0 Å². The summed E-state index contributed by atoms with van der Waals surface area (Å²) in [7, 11) is 0. The van der Waals surface area contributed by atoms with Gasteiger partial charge in [-0.25, -0.2) is 4.98 Å². The Morgan fingerprint density at radius 2 is 1.53 bits per heavy atom. The number of nitrogens with zero attached hydrogens (tertiary/aromatic N) is 4. The number of hydrogen-bond acceptors (Lipinski definition) is 3. The zero-order chi connectivity index (χ0) is 38.9. The molecule has 0 saturated heterocycles. The van der Waals surface area contributed by atoms with Gasteiger partial charge < -0.3 is 9.30 Å². The summed E-state index contributed by atoms with van der Waals surface area (Å²) >= 11 is 0. The molecule has 3 aromatic carbocycles. The van der Waals surface area contributed by atoms with E-state index in [0.29, 0.717) is 35.2 Å². The number of aryl methyl sites for hydroxylation is 1. The van der Waals surface area contributed by atoms with E-state index in [0.717, 1.165) is 39.0 Å². The van der Waals surface area contributed by atoms with Crippen molar-refractivity contribution in [3.05, 3.63) is 119 Å². The molecule has 1 aliphatic rings. The van der Waals surface area contributed by atoms with Gasteiger partial charge >= 0.3 is 21.1 Å². The third-order valence-corrected chi connectivity index (χ3v) is 11.7. The topological polar surface area (TPSA) is 44.9 Å². The van der Waals surface area contributed by atoms with Crippen LogP contribution in [0.3, 0.4) is 0 Å². The van der Waals surface area contributed by atoms with Crippen molar-refractivity contribution in [1.29, 1.82) is 0 Å². The van der Waals surface area contributed by atoms with Crippen LogP contribution in [0.15, 0.2) is 78.5 Å². The van der Waals surface area contributed by atoms with Crippen LogP contribution in [0.1, 0.15) is 128 Å². The first kappa shape index (κ1) is 40.7. The Bertz CT molecular complexity index is 2380. The largest absolute Gasteiger partial charge is 2.00 e. The fourth-order valence-corrected chi connectivity index (χ4v) is 8.76. The molecular formula is C49H58N4OPt. The number of aromatic nitrogens is 4. The molecule has 3 heterocycles. The van der Waals surface area contributed by atoms with Gasteiger partial charge in [-0.3, -0.25) is 4.68 Å². The Morgan fingerprint density at radius 3 is 2.20 bits per heavy atom. The molecule has 7 rings (SSSR count). The van der Waals surface area contributed by atoms with Crippen LogP contribution < -0.4 is 4.74 Å². The average molecular weight is 914 g/mol. The quantitative estimate of drug-likeness (QED) is 0.118. The number of hydrogen-bond donors (Lipinski definition) is 0. The van der Waals surface area contributed by atoms with Crippen LogP contribution in [0, 0.1) is 48.6 Å². The summed E-state index contributed by atoms with van der Waals surface area (Å²) in [4.78, 5) is 4.83. The van der Waals surface area contributed by atoms with E-state index in [2.05, 4.69) is 172 Å². The number of pyridine rings is 1. The molecule has 3 atom stereocenters. The van der Waals surface area contributed by atoms with Gasteiger partial charge in [0.2, 0.25) is 0 Å². The minimum atomic E-state index is 0. The maximum atomic E-state index is 6.72. The molecule has 0 radical (unpaired) electrons. The Labute approximate surface area is 343 Å². The van der Waals surface area contributed by atoms with Crippen LogP contribution in [0.5, 0.6) is 11.5 Å². The van der Waals surface area contributed by atoms with Crippen LogP contribution >= 0.6 is 0 Å². The zero-order valence-corrected chi connectivity index (χ0v) is 37.3. The molecule has 0 spiro atoms. The summed E-state index contributed by atoms with van der Waals surface area (Å²) in [6, 6.07) is 28.6. The summed E-state index contributed by atoms with van der Waals surface area (Å²) in [6.07, 6.45) is 5.64. The number of ether oxygens (including phenoxy) is 1. The molecule has 0 bridgehead atoms. The van der Waals surface area contributed by atoms with Crippen molar-refractivity contribution < 1.29 is 25.8 Å². The first-order valence-corrected chi connectivity index (χ1v) is 19.9. The zero-order valence-electron chi connectivity index (χ0n) is 35.0. The first-order valence-electron chi connectivity index (χ1n) is 19.9. The number of allylic oxidation sites excluding steroid dienone is 2.